The number of anilines is 1. The van der Waals surface area contributed by atoms with Crippen molar-refractivity contribution in [1.82, 2.24) is 5.32 Å². The second kappa shape index (κ2) is 5.73. The van der Waals surface area contributed by atoms with Gasteiger partial charge in [0.1, 0.15) is 5.69 Å². The molecular weight excluding hydrogens is 277 g/mol. The van der Waals surface area contributed by atoms with Crippen LogP contribution in [0.5, 0.6) is 0 Å². The molecular formula is C11H13Cl2N3O2. The third-order valence-corrected chi connectivity index (χ3v) is 3.61. The summed E-state index contributed by atoms with van der Waals surface area (Å²) in [6.45, 7) is 1.78. The standard InChI is InChI=1S/C11H13Cl2N3O2/c12-8-4-10(11(16(17)18)5-9(8)13)15-7-2-1-3-14-6-7/h4-5,7,14-15H,1-3,6H2. The van der Waals surface area contributed by atoms with Crippen LogP contribution < -0.4 is 10.6 Å². The van der Waals surface area contributed by atoms with E-state index in [0.29, 0.717) is 10.7 Å². The molecule has 1 fully saturated rings. The van der Waals surface area contributed by atoms with Gasteiger partial charge in [-0.15, -0.1) is 0 Å². The largest absolute Gasteiger partial charge is 0.375 e. The van der Waals surface area contributed by atoms with Crippen LogP contribution in [0.3, 0.4) is 0 Å². The van der Waals surface area contributed by atoms with Crippen LogP contribution in [0.25, 0.3) is 0 Å². The minimum absolute atomic E-state index is 0.0463. The number of hydrogen-bond acceptors (Lipinski definition) is 4. The molecule has 1 aliphatic heterocycles. The molecule has 1 aliphatic rings. The van der Waals surface area contributed by atoms with Crippen LogP contribution in [0, 0.1) is 10.1 Å². The molecule has 1 atom stereocenters. The Bertz CT molecular complexity index is 462. The molecule has 1 aromatic carbocycles. The first-order valence-corrected chi connectivity index (χ1v) is 6.44. The first-order valence-electron chi connectivity index (χ1n) is 5.68. The van der Waals surface area contributed by atoms with Crippen molar-refractivity contribution >= 4 is 34.6 Å². The van der Waals surface area contributed by atoms with E-state index in [1.165, 1.54) is 12.1 Å². The second-order valence-corrected chi connectivity index (χ2v) is 5.04. The van der Waals surface area contributed by atoms with E-state index in [9.17, 15) is 10.1 Å². The average molecular weight is 290 g/mol. The number of hydrogen-bond donors (Lipinski definition) is 2. The van der Waals surface area contributed by atoms with Gasteiger partial charge in [-0.3, -0.25) is 10.1 Å². The Morgan fingerprint density at radius 1 is 1.39 bits per heavy atom. The van der Waals surface area contributed by atoms with Crippen molar-refractivity contribution in [2.45, 2.75) is 18.9 Å². The molecule has 0 amide bonds. The molecule has 1 saturated heterocycles. The summed E-state index contributed by atoms with van der Waals surface area (Å²) in [6.07, 6.45) is 2.02. The Balaban J connectivity index is 2.24. The number of nitrogens with one attached hydrogen (secondary N) is 2. The van der Waals surface area contributed by atoms with Gasteiger partial charge in [-0.05, 0) is 25.5 Å². The van der Waals surface area contributed by atoms with E-state index in [4.69, 9.17) is 23.2 Å². The highest BCUT2D eigenvalue weighted by Gasteiger charge is 2.20. The van der Waals surface area contributed by atoms with Crippen molar-refractivity contribution in [2.24, 2.45) is 0 Å². The third-order valence-electron chi connectivity index (χ3n) is 2.89. The predicted molar refractivity (Wildman–Crippen MR) is 72.6 cm³/mol. The topological polar surface area (TPSA) is 67.2 Å². The van der Waals surface area contributed by atoms with Crippen LogP contribution >= 0.6 is 23.2 Å². The van der Waals surface area contributed by atoms with Crippen molar-refractivity contribution in [3.05, 3.63) is 32.3 Å². The monoisotopic (exact) mass is 289 g/mol. The van der Waals surface area contributed by atoms with E-state index >= 15 is 0 Å². The summed E-state index contributed by atoms with van der Waals surface area (Å²) in [5, 5.41) is 17.9. The van der Waals surface area contributed by atoms with Crippen LogP contribution in [-0.2, 0) is 0 Å². The molecule has 0 spiro atoms. The SMILES string of the molecule is O=[N+]([O-])c1cc(Cl)c(Cl)cc1NC1CCCNC1. The maximum Gasteiger partial charge on any atom is 0.293 e. The molecule has 0 radical (unpaired) electrons. The Morgan fingerprint density at radius 3 is 2.72 bits per heavy atom. The summed E-state index contributed by atoms with van der Waals surface area (Å²) in [7, 11) is 0. The Kier molecular flexibility index (Phi) is 4.27. The first-order chi connectivity index (χ1) is 8.58. The summed E-state index contributed by atoms with van der Waals surface area (Å²) < 4.78 is 0. The van der Waals surface area contributed by atoms with E-state index in [1.807, 2.05) is 0 Å². The smallest absolute Gasteiger partial charge is 0.293 e. The lowest BCUT2D eigenvalue weighted by Crippen LogP contribution is -2.38. The summed E-state index contributed by atoms with van der Waals surface area (Å²) in [5.41, 5.74) is 0.373. The first kappa shape index (κ1) is 13.4. The number of nitro groups is 1. The molecule has 0 aromatic heterocycles. The minimum Gasteiger partial charge on any atom is -0.375 e. The molecule has 7 heteroatoms. The fraction of sp³-hybridized carbons (Fsp3) is 0.455. The van der Waals surface area contributed by atoms with Crippen LogP contribution in [-0.4, -0.2) is 24.1 Å². The highest BCUT2D eigenvalue weighted by Crippen LogP contribution is 2.34. The fourth-order valence-electron chi connectivity index (χ4n) is 2.00. The Labute approximate surface area is 115 Å². The summed E-state index contributed by atoms with van der Waals surface area (Å²) in [4.78, 5) is 10.5. The molecule has 18 heavy (non-hydrogen) atoms. The molecule has 1 heterocycles. The predicted octanol–water partition coefficient (Wildman–Crippen LogP) is 3.07. The summed E-state index contributed by atoms with van der Waals surface area (Å²) in [6, 6.07) is 2.97. The van der Waals surface area contributed by atoms with E-state index in [1.54, 1.807) is 0 Å². The molecule has 0 saturated carbocycles. The Morgan fingerprint density at radius 2 is 2.11 bits per heavy atom. The van der Waals surface area contributed by atoms with E-state index in [-0.39, 0.29) is 16.8 Å². The normalized spacial score (nSPS) is 19.6. The lowest BCUT2D eigenvalue weighted by Gasteiger charge is -2.24. The zero-order valence-electron chi connectivity index (χ0n) is 9.58. The van der Waals surface area contributed by atoms with Crippen LogP contribution in [0.1, 0.15) is 12.8 Å². The molecule has 98 valence electrons. The highest BCUT2D eigenvalue weighted by atomic mass is 35.5. The van der Waals surface area contributed by atoms with Crippen LogP contribution in [0.4, 0.5) is 11.4 Å². The van der Waals surface area contributed by atoms with Crippen molar-refractivity contribution in [3.8, 4) is 0 Å². The maximum atomic E-state index is 11.0. The molecule has 2 N–H and O–H groups in total. The third kappa shape index (κ3) is 3.04. The maximum absolute atomic E-state index is 11.0. The lowest BCUT2D eigenvalue weighted by molar-refractivity contribution is -0.384. The summed E-state index contributed by atoms with van der Waals surface area (Å²) in [5.74, 6) is 0. The van der Waals surface area contributed by atoms with E-state index in [0.717, 1.165) is 25.9 Å². The average Bonchev–Trinajstić information content (AvgIpc) is 2.34. The van der Waals surface area contributed by atoms with E-state index < -0.39 is 4.92 Å². The van der Waals surface area contributed by atoms with Crippen molar-refractivity contribution in [2.75, 3.05) is 18.4 Å². The fourth-order valence-corrected chi connectivity index (χ4v) is 2.32. The van der Waals surface area contributed by atoms with E-state index in [2.05, 4.69) is 10.6 Å². The van der Waals surface area contributed by atoms with Crippen molar-refractivity contribution < 1.29 is 4.92 Å². The van der Waals surface area contributed by atoms with Gasteiger partial charge in [0.15, 0.2) is 0 Å². The quantitative estimate of drug-likeness (QED) is 0.663. The zero-order valence-corrected chi connectivity index (χ0v) is 11.1. The number of nitro benzene ring substituents is 1. The molecule has 5 nitrogen and oxygen atoms in total. The number of piperidine rings is 1. The molecule has 1 unspecified atom stereocenters. The van der Waals surface area contributed by atoms with Gasteiger partial charge in [-0.25, -0.2) is 0 Å². The van der Waals surface area contributed by atoms with Gasteiger partial charge in [-0.2, -0.15) is 0 Å². The van der Waals surface area contributed by atoms with Gasteiger partial charge in [0.25, 0.3) is 5.69 Å². The molecule has 0 aliphatic carbocycles. The number of halogens is 2. The Hall–Kier alpha value is -1.04. The van der Waals surface area contributed by atoms with Gasteiger partial charge >= 0.3 is 0 Å². The van der Waals surface area contributed by atoms with Gasteiger partial charge in [-0.1, -0.05) is 23.2 Å². The van der Waals surface area contributed by atoms with Crippen LogP contribution in [0.15, 0.2) is 12.1 Å². The number of benzene rings is 1. The summed E-state index contributed by atoms with van der Waals surface area (Å²) >= 11 is 11.7. The number of rotatable bonds is 3. The molecule has 0 bridgehead atoms. The number of nitrogens with zero attached hydrogens (tertiary/aromatic N) is 1. The minimum atomic E-state index is -0.458. The van der Waals surface area contributed by atoms with Crippen molar-refractivity contribution in [3.63, 3.8) is 0 Å². The van der Waals surface area contributed by atoms with Gasteiger partial charge in [0, 0.05) is 18.7 Å². The lowest BCUT2D eigenvalue weighted by atomic mass is 10.1. The zero-order chi connectivity index (χ0) is 13.1. The van der Waals surface area contributed by atoms with Crippen LogP contribution in [0.2, 0.25) is 10.0 Å². The van der Waals surface area contributed by atoms with Gasteiger partial charge < -0.3 is 10.6 Å². The molecule has 2 rings (SSSR count). The van der Waals surface area contributed by atoms with Gasteiger partial charge in [0.2, 0.25) is 0 Å². The van der Waals surface area contributed by atoms with Crippen molar-refractivity contribution in [1.29, 1.82) is 0 Å². The van der Waals surface area contributed by atoms with Gasteiger partial charge in [0.05, 0.1) is 15.0 Å². The highest BCUT2D eigenvalue weighted by molar-refractivity contribution is 6.42. The second-order valence-electron chi connectivity index (χ2n) is 4.23. The molecule has 1 aromatic rings.